The predicted octanol–water partition coefficient (Wildman–Crippen LogP) is -4.76. The summed E-state index contributed by atoms with van der Waals surface area (Å²) in [5.74, 6) is 0. The molecule has 10 nitrogen and oxygen atoms in total. The molecule has 8 atom stereocenters. The van der Waals surface area contributed by atoms with Crippen LogP contribution in [0.2, 0.25) is 0 Å². The summed E-state index contributed by atoms with van der Waals surface area (Å²) in [6, 6.07) is 0. The van der Waals surface area contributed by atoms with Gasteiger partial charge in [0.05, 0.1) is 19.8 Å². The Morgan fingerprint density at radius 2 is 1.76 bits per heavy atom. The van der Waals surface area contributed by atoms with Crippen molar-refractivity contribution in [1.29, 1.82) is 0 Å². The lowest BCUT2D eigenvalue weighted by molar-refractivity contribution is -0.325. The highest BCUT2D eigenvalue weighted by molar-refractivity contribution is 4.95. The molecule has 0 bridgehead atoms. The van der Waals surface area contributed by atoms with Crippen LogP contribution in [-0.2, 0) is 14.2 Å². The summed E-state index contributed by atoms with van der Waals surface area (Å²) in [6.45, 7) is -1.79. The van der Waals surface area contributed by atoms with Gasteiger partial charge in [0, 0.05) is 0 Å². The monoisotopic (exact) mass is 312 g/mol. The van der Waals surface area contributed by atoms with Crippen LogP contribution in [0.5, 0.6) is 0 Å². The molecule has 0 aliphatic carbocycles. The van der Waals surface area contributed by atoms with Gasteiger partial charge in [-0.3, -0.25) is 0 Å². The van der Waals surface area contributed by atoms with Crippen molar-refractivity contribution in [3.05, 3.63) is 0 Å². The van der Waals surface area contributed by atoms with Crippen LogP contribution in [0, 0.1) is 0 Å². The van der Waals surface area contributed by atoms with E-state index in [4.69, 9.17) is 24.4 Å². The van der Waals surface area contributed by atoms with Crippen molar-refractivity contribution in [3.63, 3.8) is 0 Å². The second kappa shape index (κ2) is 6.38. The Hall–Kier alpha value is -0.400. The Morgan fingerprint density at radius 1 is 1.10 bits per heavy atom. The molecule has 2 saturated heterocycles. The minimum absolute atomic E-state index is 0.406. The fourth-order valence-corrected chi connectivity index (χ4v) is 2.28. The highest BCUT2D eigenvalue weighted by Crippen LogP contribution is 2.30. The van der Waals surface area contributed by atoms with E-state index in [0.29, 0.717) is 0 Å². The fraction of sp³-hybridized carbons (Fsp3) is 1.00. The lowest BCUT2D eigenvalue weighted by Gasteiger charge is -2.40. The zero-order chi connectivity index (χ0) is 15.8. The van der Waals surface area contributed by atoms with Crippen molar-refractivity contribution < 1.29 is 50.0 Å². The van der Waals surface area contributed by atoms with E-state index in [0.717, 1.165) is 0 Å². The number of ether oxygens (including phenoxy) is 3. The average molecular weight is 312 g/mol. The quantitative estimate of drug-likeness (QED) is 0.267. The molecule has 0 amide bonds. The highest BCUT2D eigenvalue weighted by Gasteiger charge is 2.52. The van der Waals surface area contributed by atoms with Crippen LogP contribution in [-0.4, -0.2) is 104 Å². The predicted molar refractivity (Wildman–Crippen MR) is 62.6 cm³/mol. The number of aliphatic hydroxyl groups is 7. The molecule has 7 N–H and O–H groups in total. The summed E-state index contributed by atoms with van der Waals surface area (Å²) >= 11 is 0. The van der Waals surface area contributed by atoms with Crippen molar-refractivity contribution in [3.8, 4) is 0 Å². The van der Waals surface area contributed by atoms with Crippen LogP contribution in [0.4, 0.5) is 0 Å². The lowest BCUT2D eigenvalue weighted by atomic mass is 9.98. The molecule has 2 rings (SSSR count). The van der Waals surface area contributed by atoms with Gasteiger partial charge < -0.3 is 50.0 Å². The van der Waals surface area contributed by atoms with Gasteiger partial charge in [-0.25, -0.2) is 0 Å². The Kier molecular flexibility index (Phi) is 5.15. The summed E-state index contributed by atoms with van der Waals surface area (Å²) in [5.41, 5.74) is -1.91. The first-order chi connectivity index (χ1) is 9.84. The first-order valence-electron chi connectivity index (χ1n) is 6.43. The van der Waals surface area contributed by atoms with Gasteiger partial charge in [0.1, 0.15) is 36.1 Å². The van der Waals surface area contributed by atoms with Crippen LogP contribution in [0.1, 0.15) is 0 Å². The second-order valence-electron chi connectivity index (χ2n) is 5.22. The third kappa shape index (κ3) is 3.05. The first-order valence-corrected chi connectivity index (χ1v) is 6.43. The normalized spacial score (nSPS) is 51.3. The van der Waals surface area contributed by atoms with E-state index in [2.05, 4.69) is 0 Å². The largest absolute Gasteiger partial charge is 0.394 e. The lowest BCUT2D eigenvalue weighted by Crippen LogP contribution is -2.60. The minimum atomic E-state index is -1.91. The molecule has 2 aliphatic heterocycles. The van der Waals surface area contributed by atoms with E-state index in [9.17, 15) is 25.5 Å². The van der Waals surface area contributed by atoms with Crippen molar-refractivity contribution in [2.45, 2.75) is 48.7 Å². The van der Waals surface area contributed by atoms with E-state index in [1.807, 2.05) is 0 Å². The van der Waals surface area contributed by atoms with Crippen LogP contribution in [0.25, 0.3) is 0 Å². The Bertz CT molecular complexity index is 354. The summed E-state index contributed by atoms with van der Waals surface area (Å²) in [4.78, 5) is 0. The average Bonchev–Trinajstić information content (AvgIpc) is 2.76. The number of hydrogen-bond acceptors (Lipinski definition) is 10. The maximum Gasteiger partial charge on any atom is 0.187 e. The molecule has 21 heavy (non-hydrogen) atoms. The smallest absolute Gasteiger partial charge is 0.187 e. The van der Waals surface area contributed by atoms with E-state index >= 15 is 0 Å². The van der Waals surface area contributed by atoms with Crippen LogP contribution in [0.15, 0.2) is 0 Å². The van der Waals surface area contributed by atoms with E-state index in [1.54, 1.807) is 0 Å². The highest BCUT2D eigenvalue weighted by atomic mass is 16.7. The standard InChI is InChI=1S/C11H20O10/c12-1-4-5(14)6(15)7(9(17)20-4)21-10-8(16)11(18,2-13)3-19-10/h4-10,12-18H,1-3H2/t4-,5-,6+,7-,8+,9?,10+,11-/m1/s1. The number of rotatable bonds is 4. The molecule has 1 unspecified atom stereocenters. The number of hydrogen-bond donors (Lipinski definition) is 7. The van der Waals surface area contributed by atoms with Gasteiger partial charge in [0.2, 0.25) is 0 Å². The molecule has 124 valence electrons. The summed E-state index contributed by atoms with van der Waals surface area (Å²) in [7, 11) is 0. The van der Waals surface area contributed by atoms with Gasteiger partial charge in [-0.1, -0.05) is 0 Å². The Labute approximate surface area is 119 Å². The SMILES string of the molecule is OC[C@H]1OC(O)[C@H](O[C@@H]2OC[C@](O)(CO)[C@H]2O)[C@@H](O)[C@@H]1O. The molecule has 2 aliphatic rings. The topological polar surface area (TPSA) is 169 Å². The molecule has 0 aromatic heterocycles. The molecule has 10 heteroatoms. The molecule has 0 aromatic rings. The van der Waals surface area contributed by atoms with Gasteiger partial charge in [-0.15, -0.1) is 0 Å². The molecule has 0 saturated carbocycles. The van der Waals surface area contributed by atoms with Crippen LogP contribution in [0.3, 0.4) is 0 Å². The third-order valence-electron chi connectivity index (χ3n) is 3.71. The molecule has 2 fully saturated rings. The van der Waals surface area contributed by atoms with Gasteiger partial charge in [-0.2, -0.15) is 0 Å². The van der Waals surface area contributed by atoms with Gasteiger partial charge in [0.25, 0.3) is 0 Å². The van der Waals surface area contributed by atoms with Crippen LogP contribution < -0.4 is 0 Å². The minimum Gasteiger partial charge on any atom is -0.394 e. The molecule has 0 aromatic carbocycles. The van der Waals surface area contributed by atoms with Crippen molar-refractivity contribution in [2.24, 2.45) is 0 Å². The fourth-order valence-electron chi connectivity index (χ4n) is 2.28. The van der Waals surface area contributed by atoms with Gasteiger partial charge in [-0.05, 0) is 0 Å². The molecular formula is C11H20O10. The second-order valence-corrected chi connectivity index (χ2v) is 5.22. The first kappa shape index (κ1) is 17.0. The maximum atomic E-state index is 9.87. The van der Waals surface area contributed by atoms with E-state index in [1.165, 1.54) is 0 Å². The van der Waals surface area contributed by atoms with Crippen LogP contribution >= 0.6 is 0 Å². The Balaban J connectivity index is 2.03. The molecular weight excluding hydrogens is 292 g/mol. The van der Waals surface area contributed by atoms with Crippen molar-refractivity contribution in [2.75, 3.05) is 19.8 Å². The third-order valence-corrected chi connectivity index (χ3v) is 3.71. The van der Waals surface area contributed by atoms with Gasteiger partial charge in [0.15, 0.2) is 12.6 Å². The van der Waals surface area contributed by atoms with Crippen molar-refractivity contribution in [1.82, 2.24) is 0 Å². The zero-order valence-electron chi connectivity index (χ0n) is 11.0. The Morgan fingerprint density at radius 3 is 2.29 bits per heavy atom. The maximum absolute atomic E-state index is 9.87. The van der Waals surface area contributed by atoms with E-state index in [-0.39, 0.29) is 0 Å². The summed E-state index contributed by atoms with van der Waals surface area (Å²) < 4.78 is 15.0. The molecule has 0 radical (unpaired) electrons. The molecule has 0 spiro atoms. The molecule has 2 heterocycles. The number of aliphatic hydroxyl groups excluding tert-OH is 6. The summed E-state index contributed by atoms with van der Waals surface area (Å²) in [5, 5.41) is 66.8. The van der Waals surface area contributed by atoms with Crippen molar-refractivity contribution >= 4 is 0 Å². The van der Waals surface area contributed by atoms with Gasteiger partial charge >= 0.3 is 0 Å². The summed E-state index contributed by atoms with van der Waals surface area (Å²) in [6.07, 6.45) is -10.5. The van der Waals surface area contributed by atoms with E-state index < -0.39 is 68.5 Å². The zero-order valence-corrected chi connectivity index (χ0v) is 11.0.